The van der Waals surface area contributed by atoms with Gasteiger partial charge in [-0.25, -0.2) is 4.79 Å². The van der Waals surface area contributed by atoms with Gasteiger partial charge in [-0.05, 0) is 26.0 Å². The molecule has 0 spiro atoms. The molecule has 0 unspecified atom stereocenters. The van der Waals surface area contributed by atoms with Crippen LogP contribution in [-0.4, -0.2) is 45.2 Å². The highest BCUT2D eigenvalue weighted by molar-refractivity contribution is 5.78. The maximum atomic E-state index is 12.5. The zero-order valence-electron chi connectivity index (χ0n) is 13.9. The molecule has 1 amide bonds. The van der Waals surface area contributed by atoms with Gasteiger partial charge >= 0.3 is 5.69 Å². The Morgan fingerprint density at radius 1 is 1.17 bits per heavy atom. The number of aromatic nitrogens is 2. The molecule has 0 N–H and O–H groups in total. The van der Waals surface area contributed by atoms with Crippen LogP contribution in [0.4, 0.5) is 0 Å². The molecule has 0 radical (unpaired) electrons. The zero-order chi connectivity index (χ0) is 16.6. The van der Waals surface area contributed by atoms with Crippen molar-refractivity contribution in [3.8, 4) is 0 Å². The molecule has 1 fully saturated rings. The number of hydrogen-bond acceptors (Lipinski definition) is 3. The van der Waals surface area contributed by atoms with Crippen molar-refractivity contribution >= 4 is 16.9 Å². The summed E-state index contributed by atoms with van der Waals surface area (Å²) in [6.45, 7) is 5.59. The van der Waals surface area contributed by atoms with E-state index in [1.165, 1.54) is 0 Å². The van der Waals surface area contributed by atoms with E-state index in [4.69, 9.17) is 4.74 Å². The molecule has 1 aliphatic rings. The molecular formula is C17H23N3O3. The first-order valence-electron chi connectivity index (χ1n) is 8.05. The lowest BCUT2D eigenvalue weighted by molar-refractivity contribution is -0.143. The van der Waals surface area contributed by atoms with Crippen molar-refractivity contribution < 1.29 is 9.53 Å². The third kappa shape index (κ3) is 3.03. The van der Waals surface area contributed by atoms with Crippen molar-refractivity contribution in [2.24, 2.45) is 7.05 Å². The van der Waals surface area contributed by atoms with Crippen LogP contribution in [0.15, 0.2) is 29.1 Å². The van der Waals surface area contributed by atoms with Gasteiger partial charge in [-0.3, -0.25) is 13.9 Å². The van der Waals surface area contributed by atoms with Gasteiger partial charge in [0.15, 0.2) is 0 Å². The standard InChI is InChI=1S/C17H23N3O3/c1-12-10-19(11-13(2)23-12)16(21)8-9-20-15-7-5-4-6-14(15)18(3)17(20)22/h4-7,12-13H,8-11H2,1-3H3/t12-,13-/m0/s1. The normalized spacial score (nSPS) is 21.8. The molecule has 6 heteroatoms. The number of ether oxygens (including phenoxy) is 1. The average Bonchev–Trinajstić information content (AvgIpc) is 2.76. The van der Waals surface area contributed by atoms with Gasteiger partial charge < -0.3 is 9.64 Å². The molecular weight excluding hydrogens is 294 g/mol. The molecule has 1 aromatic carbocycles. The quantitative estimate of drug-likeness (QED) is 0.859. The van der Waals surface area contributed by atoms with Crippen LogP contribution in [0, 0.1) is 0 Å². The Labute approximate surface area is 135 Å². The van der Waals surface area contributed by atoms with Crippen LogP contribution in [0.2, 0.25) is 0 Å². The van der Waals surface area contributed by atoms with Crippen molar-refractivity contribution in [3.63, 3.8) is 0 Å². The molecule has 1 saturated heterocycles. The summed E-state index contributed by atoms with van der Waals surface area (Å²) in [6.07, 6.45) is 0.443. The lowest BCUT2D eigenvalue weighted by atomic mass is 10.2. The van der Waals surface area contributed by atoms with Gasteiger partial charge in [-0.2, -0.15) is 0 Å². The molecule has 6 nitrogen and oxygen atoms in total. The summed E-state index contributed by atoms with van der Waals surface area (Å²) in [4.78, 5) is 26.7. The van der Waals surface area contributed by atoms with E-state index in [-0.39, 0.29) is 23.8 Å². The summed E-state index contributed by atoms with van der Waals surface area (Å²) in [5, 5.41) is 0. The number of carbonyl (C=O) groups excluding carboxylic acids is 1. The van der Waals surface area contributed by atoms with Crippen LogP contribution >= 0.6 is 0 Å². The first kappa shape index (κ1) is 15.8. The van der Waals surface area contributed by atoms with Crippen LogP contribution in [0.1, 0.15) is 20.3 Å². The average molecular weight is 317 g/mol. The topological polar surface area (TPSA) is 56.5 Å². The fraction of sp³-hybridized carbons (Fsp3) is 0.529. The van der Waals surface area contributed by atoms with Crippen molar-refractivity contribution in [1.29, 1.82) is 0 Å². The summed E-state index contributed by atoms with van der Waals surface area (Å²) in [5.74, 6) is 0.0758. The number of imidazole rings is 1. The lowest BCUT2D eigenvalue weighted by Crippen LogP contribution is -2.48. The summed E-state index contributed by atoms with van der Waals surface area (Å²) >= 11 is 0. The highest BCUT2D eigenvalue weighted by atomic mass is 16.5. The van der Waals surface area contributed by atoms with Crippen LogP contribution in [0.5, 0.6) is 0 Å². The van der Waals surface area contributed by atoms with E-state index in [0.29, 0.717) is 26.1 Å². The summed E-state index contributed by atoms with van der Waals surface area (Å²) < 4.78 is 8.96. The smallest absolute Gasteiger partial charge is 0.328 e. The number of amides is 1. The Bertz CT molecular complexity index is 767. The summed E-state index contributed by atoms with van der Waals surface area (Å²) in [7, 11) is 1.76. The number of benzene rings is 1. The second-order valence-electron chi connectivity index (χ2n) is 6.29. The molecule has 1 aliphatic heterocycles. The fourth-order valence-electron chi connectivity index (χ4n) is 3.33. The van der Waals surface area contributed by atoms with E-state index in [1.54, 1.807) is 16.2 Å². The van der Waals surface area contributed by atoms with E-state index in [9.17, 15) is 9.59 Å². The summed E-state index contributed by atoms with van der Waals surface area (Å²) in [6, 6.07) is 7.65. The first-order chi connectivity index (χ1) is 11.0. The van der Waals surface area contributed by atoms with Gasteiger partial charge in [0, 0.05) is 33.1 Å². The molecule has 23 heavy (non-hydrogen) atoms. The SMILES string of the molecule is C[C@H]1CN(C(=O)CCn2c(=O)n(C)c3ccccc32)C[C@H](C)O1. The number of fused-ring (bicyclic) bond motifs is 1. The van der Waals surface area contributed by atoms with Gasteiger partial charge in [0.2, 0.25) is 5.91 Å². The van der Waals surface area contributed by atoms with Crippen molar-refractivity contribution in [1.82, 2.24) is 14.0 Å². The van der Waals surface area contributed by atoms with Crippen molar-refractivity contribution in [3.05, 3.63) is 34.7 Å². The molecule has 0 saturated carbocycles. The second kappa shape index (κ2) is 6.20. The summed E-state index contributed by atoms with van der Waals surface area (Å²) in [5.41, 5.74) is 1.68. The van der Waals surface area contributed by atoms with E-state index >= 15 is 0 Å². The molecule has 2 heterocycles. The first-order valence-corrected chi connectivity index (χ1v) is 8.05. The maximum Gasteiger partial charge on any atom is 0.328 e. The van der Waals surface area contributed by atoms with Gasteiger partial charge in [-0.1, -0.05) is 12.1 Å². The number of aryl methyl sites for hydroxylation is 2. The minimum absolute atomic E-state index is 0.0583. The second-order valence-corrected chi connectivity index (χ2v) is 6.29. The van der Waals surface area contributed by atoms with Gasteiger partial charge in [0.25, 0.3) is 0 Å². The minimum atomic E-state index is -0.0808. The van der Waals surface area contributed by atoms with Crippen LogP contribution in [-0.2, 0) is 23.1 Å². The molecule has 0 aliphatic carbocycles. The van der Waals surface area contributed by atoms with Gasteiger partial charge in [0.05, 0.1) is 23.2 Å². The maximum absolute atomic E-state index is 12.5. The number of para-hydroxylation sites is 2. The van der Waals surface area contributed by atoms with Crippen LogP contribution in [0.3, 0.4) is 0 Å². The van der Waals surface area contributed by atoms with Crippen molar-refractivity contribution in [2.75, 3.05) is 13.1 Å². The highest BCUT2D eigenvalue weighted by Crippen LogP contribution is 2.14. The molecule has 1 aromatic heterocycles. The number of hydrogen-bond donors (Lipinski definition) is 0. The Hall–Kier alpha value is -2.08. The lowest BCUT2D eigenvalue weighted by Gasteiger charge is -2.35. The minimum Gasteiger partial charge on any atom is -0.372 e. The fourth-order valence-corrected chi connectivity index (χ4v) is 3.33. The number of carbonyl (C=O) groups is 1. The molecule has 2 atom stereocenters. The predicted octanol–water partition coefficient (Wildman–Crippen LogP) is 1.37. The highest BCUT2D eigenvalue weighted by Gasteiger charge is 2.25. The largest absolute Gasteiger partial charge is 0.372 e. The van der Waals surface area contributed by atoms with E-state index in [0.717, 1.165) is 11.0 Å². The Kier molecular flexibility index (Phi) is 4.26. The van der Waals surface area contributed by atoms with Gasteiger partial charge in [-0.15, -0.1) is 0 Å². The third-order valence-electron chi connectivity index (χ3n) is 4.37. The Morgan fingerprint density at radius 3 is 2.43 bits per heavy atom. The molecule has 124 valence electrons. The van der Waals surface area contributed by atoms with Crippen molar-refractivity contribution in [2.45, 2.75) is 39.0 Å². The number of nitrogens with zero attached hydrogens (tertiary/aromatic N) is 3. The van der Waals surface area contributed by atoms with E-state index in [1.807, 2.05) is 43.0 Å². The molecule has 3 rings (SSSR count). The Morgan fingerprint density at radius 2 is 1.78 bits per heavy atom. The van der Waals surface area contributed by atoms with Crippen LogP contribution in [0.25, 0.3) is 11.0 Å². The predicted molar refractivity (Wildman–Crippen MR) is 88.4 cm³/mol. The van der Waals surface area contributed by atoms with Crippen LogP contribution < -0.4 is 5.69 Å². The van der Waals surface area contributed by atoms with E-state index in [2.05, 4.69) is 0 Å². The monoisotopic (exact) mass is 317 g/mol. The molecule has 0 bridgehead atoms. The molecule has 2 aromatic rings. The zero-order valence-corrected chi connectivity index (χ0v) is 13.9. The van der Waals surface area contributed by atoms with E-state index < -0.39 is 0 Å². The Balaban J connectivity index is 1.75. The van der Waals surface area contributed by atoms with Gasteiger partial charge in [0.1, 0.15) is 0 Å². The number of morpholine rings is 1. The third-order valence-corrected chi connectivity index (χ3v) is 4.37. The number of rotatable bonds is 3.